The fraction of sp³-hybridized carbons (Fsp3) is 0.200. The zero-order valence-electron chi connectivity index (χ0n) is 11.9. The number of aromatic nitrogens is 1. The van der Waals surface area contributed by atoms with E-state index in [1.807, 2.05) is 0 Å². The Hall–Kier alpha value is -2.64. The molecular weight excluding hydrogens is 282 g/mol. The monoisotopic (exact) mass is 299 g/mol. The van der Waals surface area contributed by atoms with Gasteiger partial charge in [0.25, 0.3) is 0 Å². The molecule has 7 nitrogen and oxygen atoms in total. The number of anilines is 1. The van der Waals surface area contributed by atoms with Crippen molar-refractivity contribution in [1.29, 1.82) is 0 Å². The first-order valence-corrected chi connectivity index (χ1v) is 7.01. The molecular formula is C15H17N5O2. The molecule has 2 heterocycles. The number of urea groups is 1. The number of amides is 2. The number of ether oxygens (including phenoxy) is 1. The number of rotatable bonds is 4. The number of nitrogens with one attached hydrogen (secondary N) is 4. The van der Waals surface area contributed by atoms with E-state index in [0.29, 0.717) is 24.5 Å². The SMILES string of the molecule is O=C(Nc1ccc(Oc2ccncc2)cc1)NC1CNNC1. The van der Waals surface area contributed by atoms with Crippen LogP contribution >= 0.6 is 0 Å². The summed E-state index contributed by atoms with van der Waals surface area (Å²) in [6.07, 6.45) is 3.34. The summed E-state index contributed by atoms with van der Waals surface area (Å²) in [4.78, 5) is 15.8. The predicted molar refractivity (Wildman–Crippen MR) is 82.7 cm³/mol. The third-order valence-electron chi connectivity index (χ3n) is 3.15. The maximum Gasteiger partial charge on any atom is 0.319 e. The van der Waals surface area contributed by atoms with Gasteiger partial charge in [0, 0.05) is 31.2 Å². The van der Waals surface area contributed by atoms with Crippen LogP contribution in [-0.2, 0) is 0 Å². The van der Waals surface area contributed by atoms with E-state index in [9.17, 15) is 4.79 Å². The van der Waals surface area contributed by atoms with Gasteiger partial charge in [0.15, 0.2) is 0 Å². The van der Waals surface area contributed by atoms with Gasteiger partial charge in [-0.15, -0.1) is 0 Å². The first kappa shape index (κ1) is 14.3. The number of pyridine rings is 1. The minimum Gasteiger partial charge on any atom is -0.457 e. The lowest BCUT2D eigenvalue weighted by atomic mass is 10.3. The van der Waals surface area contributed by atoms with E-state index in [0.717, 1.165) is 5.75 Å². The molecule has 2 amide bonds. The van der Waals surface area contributed by atoms with Gasteiger partial charge < -0.3 is 15.4 Å². The van der Waals surface area contributed by atoms with Gasteiger partial charge in [-0.25, -0.2) is 4.79 Å². The van der Waals surface area contributed by atoms with Crippen molar-refractivity contribution in [2.45, 2.75) is 6.04 Å². The second-order valence-electron chi connectivity index (χ2n) is 4.87. The van der Waals surface area contributed by atoms with Crippen molar-refractivity contribution in [2.75, 3.05) is 18.4 Å². The van der Waals surface area contributed by atoms with E-state index in [-0.39, 0.29) is 12.1 Å². The predicted octanol–water partition coefficient (Wildman–Crippen LogP) is 1.47. The fourth-order valence-corrected chi connectivity index (χ4v) is 2.07. The summed E-state index contributed by atoms with van der Waals surface area (Å²) in [7, 11) is 0. The average Bonchev–Trinajstić information content (AvgIpc) is 3.03. The summed E-state index contributed by atoms with van der Waals surface area (Å²) >= 11 is 0. The summed E-state index contributed by atoms with van der Waals surface area (Å²) in [5.41, 5.74) is 6.62. The van der Waals surface area contributed by atoms with E-state index >= 15 is 0 Å². The van der Waals surface area contributed by atoms with Crippen molar-refractivity contribution in [3.05, 3.63) is 48.8 Å². The molecule has 7 heteroatoms. The largest absolute Gasteiger partial charge is 0.457 e. The summed E-state index contributed by atoms with van der Waals surface area (Å²) in [5, 5.41) is 5.66. The molecule has 1 aromatic heterocycles. The smallest absolute Gasteiger partial charge is 0.319 e. The highest BCUT2D eigenvalue weighted by atomic mass is 16.5. The van der Waals surface area contributed by atoms with Crippen LogP contribution in [0.5, 0.6) is 11.5 Å². The molecule has 0 unspecified atom stereocenters. The number of hydrogen-bond acceptors (Lipinski definition) is 5. The summed E-state index contributed by atoms with van der Waals surface area (Å²) < 4.78 is 5.66. The third-order valence-corrected chi connectivity index (χ3v) is 3.15. The molecule has 1 aromatic carbocycles. The first-order chi connectivity index (χ1) is 10.8. The van der Waals surface area contributed by atoms with Crippen LogP contribution in [0.15, 0.2) is 48.8 Å². The normalized spacial score (nSPS) is 14.5. The molecule has 0 spiro atoms. The van der Waals surface area contributed by atoms with E-state index in [2.05, 4.69) is 26.5 Å². The molecule has 4 N–H and O–H groups in total. The van der Waals surface area contributed by atoms with Crippen LogP contribution in [0.3, 0.4) is 0 Å². The molecule has 0 saturated carbocycles. The van der Waals surface area contributed by atoms with Crippen LogP contribution < -0.4 is 26.2 Å². The molecule has 0 bridgehead atoms. The van der Waals surface area contributed by atoms with Gasteiger partial charge in [-0.3, -0.25) is 15.8 Å². The second-order valence-corrected chi connectivity index (χ2v) is 4.87. The first-order valence-electron chi connectivity index (χ1n) is 7.01. The molecule has 3 rings (SSSR count). The Balaban J connectivity index is 1.53. The lowest BCUT2D eigenvalue weighted by Crippen LogP contribution is -2.40. The van der Waals surface area contributed by atoms with E-state index < -0.39 is 0 Å². The van der Waals surface area contributed by atoms with Crippen molar-refractivity contribution >= 4 is 11.7 Å². The minimum absolute atomic E-state index is 0.0919. The van der Waals surface area contributed by atoms with Gasteiger partial charge in [-0.1, -0.05) is 0 Å². The fourth-order valence-electron chi connectivity index (χ4n) is 2.07. The lowest BCUT2D eigenvalue weighted by molar-refractivity contribution is 0.249. The van der Waals surface area contributed by atoms with Crippen molar-refractivity contribution in [3.8, 4) is 11.5 Å². The number of hydrazine groups is 1. The number of hydrogen-bond donors (Lipinski definition) is 4. The Kier molecular flexibility index (Phi) is 4.47. The van der Waals surface area contributed by atoms with Gasteiger partial charge in [-0.05, 0) is 36.4 Å². The summed E-state index contributed by atoms with van der Waals surface area (Å²) in [6.45, 7) is 1.43. The topological polar surface area (TPSA) is 87.3 Å². The van der Waals surface area contributed by atoms with Crippen LogP contribution in [0.1, 0.15) is 0 Å². The minimum atomic E-state index is -0.224. The Bertz CT molecular complexity index is 612. The maximum atomic E-state index is 11.8. The molecule has 1 aliphatic rings. The highest BCUT2D eigenvalue weighted by molar-refractivity contribution is 5.89. The molecule has 22 heavy (non-hydrogen) atoms. The number of carbonyl (C=O) groups excluding carboxylic acids is 1. The van der Waals surface area contributed by atoms with Crippen molar-refractivity contribution in [2.24, 2.45) is 0 Å². The van der Waals surface area contributed by atoms with E-state index in [4.69, 9.17) is 4.74 Å². The van der Waals surface area contributed by atoms with Crippen molar-refractivity contribution < 1.29 is 9.53 Å². The molecule has 1 aliphatic heterocycles. The van der Waals surface area contributed by atoms with Crippen LogP contribution in [0.2, 0.25) is 0 Å². The van der Waals surface area contributed by atoms with E-state index in [1.54, 1.807) is 48.8 Å². The Morgan fingerprint density at radius 1 is 1.05 bits per heavy atom. The Labute approximate surface area is 128 Å². The number of benzene rings is 1. The standard InChI is InChI=1S/C15H17N5O2/c21-15(20-12-9-17-18-10-12)19-11-1-3-13(4-2-11)22-14-5-7-16-8-6-14/h1-8,12,17-18H,9-10H2,(H2,19,20,21). The van der Waals surface area contributed by atoms with Gasteiger partial charge in [-0.2, -0.15) is 0 Å². The molecule has 0 atom stereocenters. The molecule has 2 aromatic rings. The average molecular weight is 299 g/mol. The summed E-state index contributed by atoms with van der Waals surface area (Å²) in [5.74, 6) is 1.41. The van der Waals surface area contributed by atoms with Gasteiger partial charge in [0.1, 0.15) is 11.5 Å². The third kappa shape index (κ3) is 3.94. The van der Waals surface area contributed by atoms with Gasteiger partial charge in [0.2, 0.25) is 0 Å². The van der Waals surface area contributed by atoms with Crippen LogP contribution in [0.25, 0.3) is 0 Å². The summed E-state index contributed by atoms with van der Waals surface area (Å²) in [6, 6.07) is 10.6. The lowest BCUT2D eigenvalue weighted by Gasteiger charge is -2.12. The molecule has 1 saturated heterocycles. The molecule has 1 fully saturated rings. The van der Waals surface area contributed by atoms with Gasteiger partial charge in [0.05, 0.1) is 6.04 Å². The highest BCUT2D eigenvalue weighted by Gasteiger charge is 2.16. The van der Waals surface area contributed by atoms with Crippen LogP contribution in [0, 0.1) is 0 Å². The van der Waals surface area contributed by atoms with Crippen LogP contribution in [0.4, 0.5) is 10.5 Å². The number of carbonyl (C=O) groups is 1. The van der Waals surface area contributed by atoms with Gasteiger partial charge >= 0.3 is 6.03 Å². The second kappa shape index (κ2) is 6.88. The maximum absolute atomic E-state index is 11.8. The van der Waals surface area contributed by atoms with Crippen molar-refractivity contribution in [3.63, 3.8) is 0 Å². The van der Waals surface area contributed by atoms with E-state index in [1.165, 1.54) is 0 Å². The van der Waals surface area contributed by atoms with Crippen molar-refractivity contribution in [1.82, 2.24) is 21.2 Å². The molecule has 0 radical (unpaired) electrons. The number of nitrogens with zero attached hydrogens (tertiary/aromatic N) is 1. The quantitative estimate of drug-likeness (QED) is 0.687. The highest BCUT2D eigenvalue weighted by Crippen LogP contribution is 2.22. The van der Waals surface area contributed by atoms with Crippen LogP contribution in [-0.4, -0.2) is 30.1 Å². The molecule has 0 aliphatic carbocycles. The Morgan fingerprint density at radius 3 is 2.36 bits per heavy atom. The Morgan fingerprint density at radius 2 is 1.68 bits per heavy atom. The molecule has 114 valence electrons. The zero-order valence-corrected chi connectivity index (χ0v) is 11.9. The zero-order chi connectivity index (χ0) is 15.2.